The average molecular weight is 408 g/mol. The predicted octanol–water partition coefficient (Wildman–Crippen LogP) is 3.55. The van der Waals surface area contributed by atoms with Gasteiger partial charge in [-0.25, -0.2) is 9.18 Å². The number of aryl methyl sites for hydroxylation is 1. The number of hydrogen-bond acceptors (Lipinski definition) is 6. The molecule has 0 aliphatic rings. The molecule has 29 heavy (non-hydrogen) atoms. The molecule has 1 aromatic heterocycles. The number of ether oxygens (including phenoxy) is 2. The smallest absolute Gasteiger partial charge is 0.410 e. The summed E-state index contributed by atoms with van der Waals surface area (Å²) in [5.74, 6) is -0.825. The predicted molar refractivity (Wildman–Crippen MR) is 104 cm³/mol. The Morgan fingerprint density at radius 1 is 1.34 bits per heavy atom. The van der Waals surface area contributed by atoms with E-state index in [1.54, 1.807) is 39.5 Å². The van der Waals surface area contributed by atoms with Gasteiger partial charge in [0, 0.05) is 56.0 Å². The van der Waals surface area contributed by atoms with Gasteiger partial charge in [-0.2, -0.15) is 5.10 Å². The summed E-state index contributed by atoms with van der Waals surface area (Å²) in [6, 6.07) is 2.11. The minimum Gasteiger partial charge on any atom is -0.490 e. The van der Waals surface area contributed by atoms with Crippen LogP contribution in [0.2, 0.25) is 0 Å². The lowest BCUT2D eigenvalue weighted by Gasteiger charge is -2.24. The first kappa shape index (κ1) is 22.1. The molecule has 158 valence electrons. The number of amides is 1. The fourth-order valence-electron chi connectivity index (χ4n) is 2.75. The average Bonchev–Trinajstić information content (AvgIpc) is 2.97. The number of methoxy groups -OCH3 is 1. The van der Waals surface area contributed by atoms with Crippen molar-refractivity contribution in [1.29, 1.82) is 0 Å². The molecule has 0 bridgehead atoms. The second kappa shape index (κ2) is 8.46. The number of likely N-dealkylation sites (N-methyl/N-ethyl adjacent to an activating group) is 1. The van der Waals surface area contributed by atoms with Crippen molar-refractivity contribution >= 4 is 11.8 Å². The zero-order valence-corrected chi connectivity index (χ0v) is 17.4. The molecule has 0 aliphatic heterocycles. The SMILES string of the molecule is COc1cc(F)c(-c2cnn(C)c2CCN(C)C(=O)OC(C)(C)C)cc1[N+](=O)[O-]. The lowest BCUT2D eigenvalue weighted by Crippen LogP contribution is -2.35. The molecule has 1 aromatic carbocycles. The summed E-state index contributed by atoms with van der Waals surface area (Å²) in [6.07, 6.45) is 1.31. The van der Waals surface area contributed by atoms with E-state index >= 15 is 0 Å². The number of nitro benzene ring substituents is 1. The number of nitrogens with zero attached hydrogens (tertiary/aromatic N) is 4. The van der Waals surface area contributed by atoms with Gasteiger partial charge in [0.05, 0.1) is 18.2 Å². The number of rotatable bonds is 6. The summed E-state index contributed by atoms with van der Waals surface area (Å²) < 4.78 is 26.4. The third kappa shape index (κ3) is 5.21. The summed E-state index contributed by atoms with van der Waals surface area (Å²) >= 11 is 0. The van der Waals surface area contributed by atoms with Gasteiger partial charge in [-0.15, -0.1) is 0 Å². The number of aromatic nitrogens is 2. The monoisotopic (exact) mass is 408 g/mol. The van der Waals surface area contributed by atoms with Crippen molar-refractivity contribution in [1.82, 2.24) is 14.7 Å². The van der Waals surface area contributed by atoms with Gasteiger partial charge >= 0.3 is 11.8 Å². The van der Waals surface area contributed by atoms with Crippen LogP contribution in [-0.2, 0) is 18.2 Å². The molecule has 1 heterocycles. The number of carbonyl (C=O) groups is 1. The third-order valence-electron chi connectivity index (χ3n) is 4.21. The van der Waals surface area contributed by atoms with Crippen molar-refractivity contribution in [3.05, 3.63) is 40.0 Å². The van der Waals surface area contributed by atoms with Crippen molar-refractivity contribution in [2.75, 3.05) is 20.7 Å². The molecule has 0 atom stereocenters. The van der Waals surface area contributed by atoms with E-state index in [2.05, 4.69) is 5.10 Å². The van der Waals surface area contributed by atoms with Crippen molar-refractivity contribution in [2.45, 2.75) is 32.8 Å². The summed E-state index contributed by atoms with van der Waals surface area (Å²) in [5.41, 5.74) is 0.117. The molecule has 0 saturated carbocycles. The molecule has 0 N–H and O–H groups in total. The van der Waals surface area contributed by atoms with Gasteiger partial charge in [0.15, 0.2) is 5.75 Å². The molecule has 1 amide bonds. The van der Waals surface area contributed by atoms with Gasteiger partial charge in [0.1, 0.15) is 11.4 Å². The quantitative estimate of drug-likeness (QED) is 0.535. The van der Waals surface area contributed by atoms with Crippen LogP contribution in [0.5, 0.6) is 5.75 Å². The van der Waals surface area contributed by atoms with E-state index in [9.17, 15) is 19.3 Å². The molecular weight excluding hydrogens is 383 g/mol. The second-order valence-corrected chi connectivity index (χ2v) is 7.54. The number of nitro groups is 1. The minimum absolute atomic E-state index is 0.0421. The van der Waals surface area contributed by atoms with Crippen LogP contribution in [-0.4, -0.2) is 52.0 Å². The Kier molecular flexibility index (Phi) is 6.45. The summed E-state index contributed by atoms with van der Waals surface area (Å²) in [4.78, 5) is 24.2. The Morgan fingerprint density at radius 3 is 2.55 bits per heavy atom. The van der Waals surface area contributed by atoms with Crippen LogP contribution in [0.15, 0.2) is 18.3 Å². The maximum atomic E-state index is 14.6. The Bertz CT molecular complexity index is 920. The Labute approximate surface area is 168 Å². The van der Waals surface area contributed by atoms with E-state index in [1.807, 2.05) is 0 Å². The van der Waals surface area contributed by atoms with Gasteiger partial charge in [-0.1, -0.05) is 0 Å². The van der Waals surface area contributed by atoms with Crippen molar-refractivity contribution in [3.63, 3.8) is 0 Å². The highest BCUT2D eigenvalue weighted by atomic mass is 19.1. The van der Waals surface area contributed by atoms with E-state index in [1.165, 1.54) is 18.2 Å². The molecule has 9 nitrogen and oxygen atoms in total. The maximum absolute atomic E-state index is 14.6. The molecule has 0 radical (unpaired) electrons. The molecule has 0 unspecified atom stereocenters. The number of benzene rings is 1. The van der Waals surface area contributed by atoms with Crippen molar-refractivity contribution < 1.29 is 23.6 Å². The molecule has 10 heteroatoms. The van der Waals surface area contributed by atoms with Crippen LogP contribution < -0.4 is 4.74 Å². The highest BCUT2D eigenvalue weighted by Crippen LogP contribution is 2.36. The van der Waals surface area contributed by atoms with Gasteiger partial charge < -0.3 is 14.4 Å². The summed E-state index contributed by atoms with van der Waals surface area (Å²) in [7, 11) is 4.52. The number of halogens is 1. The molecule has 2 aromatic rings. The lowest BCUT2D eigenvalue weighted by molar-refractivity contribution is -0.385. The zero-order chi connectivity index (χ0) is 21.9. The first-order chi connectivity index (χ1) is 13.4. The van der Waals surface area contributed by atoms with E-state index < -0.39 is 22.4 Å². The molecule has 0 spiro atoms. The Balaban J connectivity index is 2.32. The third-order valence-corrected chi connectivity index (χ3v) is 4.21. The maximum Gasteiger partial charge on any atom is 0.410 e. The Hall–Kier alpha value is -3.17. The fourth-order valence-corrected chi connectivity index (χ4v) is 2.75. The summed E-state index contributed by atoms with van der Waals surface area (Å²) in [5, 5.41) is 15.4. The van der Waals surface area contributed by atoms with Crippen LogP contribution in [0, 0.1) is 15.9 Å². The topological polar surface area (TPSA) is 99.7 Å². The second-order valence-electron chi connectivity index (χ2n) is 7.54. The van der Waals surface area contributed by atoms with Crippen LogP contribution in [0.4, 0.5) is 14.9 Å². The first-order valence-corrected chi connectivity index (χ1v) is 8.92. The standard InChI is InChI=1S/C19H25FN4O5/c1-19(2,3)29-18(25)22(4)8-7-15-13(11-21-23(15)5)12-9-16(24(26)27)17(28-6)10-14(12)20/h9-11H,7-8H2,1-6H3. The Morgan fingerprint density at radius 2 is 2.00 bits per heavy atom. The van der Waals surface area contributed by atoms with E-state index in [4.69, 9.17) is 9.47 Å². The minimum atomic E-state index is -0.665. The van der Waals surface area contributed by atoms with Crippen molar-refractivity contribution in [3.8, 4) is 16.9 Å². The molecule has 0 saturated heterocycles. The largest absolute Gasteiger partial charge is 0.490 e. The van der Waals surface area contributed by atoms with E-state index in [0.29, 0.717) is 24.2 Å². The first-order valence-electron chi connectivity index (χ1n) is 8.92. The molecule has 0 aliphatic carbocycles. The molecule has 2 rings (SSSR count). The van der Waals surface area contributed by atoms with E-state index in [0.717, 1.165) is 12.1 Å². The van der Waals surface area contributed by atoms with Crippen LogP contribution in [0.1, 0.15) is 26.5 Å². The normalized spacial score (nSPS) is 11.3. The van der Waals surface area contributed by atoms with Gasteiger partial charge in [-0.05, 0) is 20.8 Å². The summed E-state index contributed by atoms with van der Waals surface area (Å²) in [6.45, 7) is 5.62. The van der Waals surface area contributed by atoms with Gasteiger partial charge in [0.25, 0.3) is 0 Å². The fraction of sp³-hybridized carbons (Fsp3) is 0.474. The van der Waals surface area contributed by atoms with Crippen molar-refractivity contribution in [2.24, 2.45) is 7.05 Å². The van der Waals surface area contributed by atoms with Crippen LogP contribution in [0.3, 0.4) is 0 Å². The molecule has 0 fully saturated rings. The highest BCUT2D eigenvalue weighted by Gasteiger charge is 2.24. The zero-order valence-electron chi connectivity index (χ0n) is 17.4. The lowest BCUT2D eigenvalue weighted by atomic mass is 10.0. The number of carbonyl (C=O) groups excluding carboxylic acids is 1. The highest BCUT2D eigenvalue weighted by molar-refractivity contribution is 5.71. The van der Waals surface area contributed by atoms with Gasteiger partial charge in [0.2, 0.25) is 0 Å². The number of hydrogen-bond donors (Lipinski definition) is 0. The van der Waals surface area contributed by atoms with Crippen LogP contribution >= 0.6 is 0 Å². The molecular formula is C19H25FN4O5. The van der Waals surface area contributed by atoms with Gasteiger partial charge in [-0.3, -0.25) is 14.8 Å². The van der Waals surface area contributed by atoms with E-state index in [-0.39, 0.29) is 17.0 Å². The van der Waals surface area contributed by atoms with Crippen LogP contribution in [0.25, 0.3) is 11.1 Å².